The Bertz CT molecular complexity index is 1740. The van der Waals surface area contributed by atoms with Gasteiger partial charge in [-0.15, -0.1) is 0 Å². The Morgan fingerprint density at radius 3 is 2.15 bits per heavy atom. The number of halogens is 2. The number of anilines is 1. The normalized spacial score (nSPS) is 21.9. The first kappa shape index (κ1) is 25.0. The van der Waals surface area contributed by atoms with Crippen LogP contribution in [0.5, 0.6) is 0 Å². The van der Waals surface area contributed by atoms with Gasteiger partial charge < -0.3 is 4.90 Å². The molecular weight excluding hydrogens is 541 g/mol. The number of hydrogen-bond acceptors (Lipinski definition) is 4. The lowest BCUT2D eigenvalue weighted by atomic mass is 9.64. The fraction of sp³-hybridized carbons (Fsp3) is 0.147. The Morgan fingerprint density at radius 1 is 0.825 bits per heavy atom. The van der Waals surface area contributed by atoms with Gasteiger partial charge in [0.05, 0.1) is 6.04 Å². The van der Waals surface area contributed by atoms with Gasteiger partial charge in [0.15, 0.2) is 17.3 Å². The van der Waals surface area contributed by atoms with Crippen molar-refractivity contribution in [1.29, 1.82) is 0 Å². The van der Waals surface area contributed by atoms with Gasteiger partial charge in [-0.1, -0.05) is 114 Å². The number of Topliss-reactive ketones (excluding diaryl/α,β-unsaturated/α-hetero) is 3. The zero-order valence-corrected chi connectivity index (χ0v) is 23.0. The number of para-hydroxylation sites is 1. The lowest BCUT2D eigenvalue weighted by Gasteiger charge is -2.37. The lowest BCUT2D eigenvalue weighted by molar-refractivity contribution is 0.0666. The minimum atomic E-state index is -1.60. The standard InChI is InChI=1S/C34H23Cl2NO3/c1-19-10-12-21(13-11-19)31(38)30-29(25-16-15-22(35)18-26(25)36)34(32(39)23-7-3-4-8-24(23)33(34)40)28-17-14-20-6-2-5-9-27(20)37(28)30/h2-18,28-30H,1H3/t28-,29-,30-/m1/s1. The molecule has 0 aromatic heterocycles. The van der Waals surface area contributed by atoms with Gasteiger partial charge in [-0.25, -0.2) is 0 Å². The molecule has 2 aliphatic heterocycles. The third-order valence-electron chi connectivity index (χ3n) is 8.62. The largest absolute Gasteiger partial charge is 0.352 e. The minimum absolute atomic E-state index is 0.181. The second-order valence-electron chi connectivity index (χ2n) is 10.7. The Labute approximate surface area is 241 Å². The molecule has 0 bridgehead atoms. The van der Waals surface area contributed by atoms with Gasteiger partial charge in [0.25, 0.3) is 0 Å². The van der Waals surface area contributed by atoms with Gasteiger partial charge in [-0.2, -0.15) is 0 Å². The van der Waals surface area contributed by atoms with E-state index in [0.717, 1.165) is 16.8 Å². The van der Waals surface area contributed by atoms with Gasteiger partial charge >= 0.3 is 0 Å². The first-order valence-corrected chi connectivity index (χ1v) is 13.9. The van der Waals surface area contributed by atoms with E-state index in [9.17, 15) is 14.4 Å². The third kappa shape index (κ3) is 3.30. The van der Waals surface area contributed by atoms with Crippen LogP contribution in [0, 0.1) is 12.3 Å². The molecule has 0 N–H and O–H groups in total. The maximum Gasteiger partial charge on any atom is 0.185 e. The van der Waals surface area contributed by atoms with Gasteiger partial charge in [-0.05, 0) is 36.2 Å². The SMILES string of the molecule is Cc1ccc(C(=O)[C@H]2[C@@H](c3ccc(Cl)cc3Cl)C3(C(=O)c4ccccc4C3=O)[C@H]3C=Cc4ccccc4N23)cc1. The van der Waals surface area contributed by atoms with Gasteiger partial charge in [0, 0.05) is 38.3 Å². The minimum Gasteiger partial charge on any atom is -0.352 e. The zero-order valence-electron chi connectivity index (χ0n) is 21.5. The van der Waals surface area contributed by atoms with Crippen LogP contribution in [0.2, 0.25) is 10.0 Å². The summed E-state index contributed by atoms with van der Waals surface area (Å²) in [7, 11) is 0. The summed E-state index contributed by atoms with van der Waals surface area (Å²) < 4.78 is 0. The van der Waals surface area contributed by atoms with Crippen molar-refractivity contribution < 1.29 is 14.4 Å². The molecule has 4 aromatic carbocycles. The van der Waals surface area contributed by atoms with Crippen molar-refractivity contribution in [2.24, 2.45) is 5.41 Å². The smallest absolute Gasteiger partial charge is 0.185 e. The number of aryl methyl sites for hydroxylation is 1. The van der Waals surface area contributed by atoms with E-state index in [1.165, 1.54) is 0 Å². The van der Waals surface area contributed by atoms with E-state index in [0.29, 0.717) is 32.3 Å². The van der Waals surface area contributed by atoms with Gasteiger partial charge in [-0.3, -0.25) is 14.4 Å². The number of carbonyl (C=O) groups is 3. The molecule has 1 saturated heterocycles. The molecule has 1 fully saturated rings. The highest BCUT2D eigenvalue weighted by Crippen LogP contribution is 2.61. The maximum absolute atomic E-state index is 14.7. The van der Waals surface area contributed by atoms with Crippen molar-refractivity contribution in [3.8, 4) is 0 Å². The number of rotatable bonds is 3. The van der Waals surface area contributed by atoms with Crippen LogP contribution in [-0.4, -0.2) is 29.4 Å². The van der Waals surface area contributed by atoms with Crippen LogP contribution >= 0.6 is 23.2 Å². The third-order valence-corrected chi connectivity index (χ3v) is 9.18. The van der Waals surface area contributed by atoms with Gasteiger partial charge in [0.1, 0.15) is 11.5 Å². The molecule has 3 atom stereocenters. The molecule has 4 nitrogen and oxygen atoms in total. The van der Waals surface area contributed by atoms with E-state index < -0.39 is 23.4 Å². The summed E-state index contributed by atoms with van der Waals surface area (Å²) in [6.45, 7) is 1.96. The predicted molar refractivity (Wildman–Crippen MR) is 158 cm³/mol. The first-order chi connectivity index (χ1) is 19.3. The van der Waals surface area contributed by atoms with Crippen LogP contribution in [0.1, 0.15) is 53.7 Å². The van der Waals surface area contributed by atoms with E-state index >= 15 is 0 Å². The Hall–Kier alpha value is -3.99. The molecule has 0 saturated carbocycles. The zero-order chi connectivity index (χ0) is 27.8. The maximum atomic E-state index is 14.7. The summed E-state index contributed by atoms with van der Waals surface area (Å²) in [6.07, 6.45) is 3.85. The van der Waals surface area contributed by atoms with E-state index in [4.69, 9.17) is 23.2 Å². The molecule has 0 unspecified atom stereocenters. The fourth-order valence-electron chi connectivity index (χ4n) is 6.90. The first-order valence-electron chi connectivity index (χ1n) is 13.1. The highest BCUT2D eigenvalue weighted by atomic mass is 35.5. The summed E-state index contributed by atoms with van der Waals surface area (Å²) in [6, 6.07) is 25.5. The highest BCUT2D eigenvalue weighted by molar-refractivity contribution is 6.36. The summed E-state index contributed by atoms with van der Waals surface area (Å²) >= 11 is 13.2. The van der Waals surface area contributed by atoms with Crippen molar-refractivity contribution >= 4 is 52.3 Å². The van der Waals surface area contributed by atoms with Crippen molar-refractivity contribution in [1.82, 2.24) is 0 Å². The monoisotopic (exact) mass is 563 g/mol. The van der Waals surface area contributed by atoms with Crippen LogP contribution in [0.25, 0.3) is 6.08 Å². The lowest BCUT2D eigenvalue weighted by Crippen LogP contribution is -2.48. The molecule has 0 radical (unpaired) electrons. The van der Waals surface area contributed by atoms with Crippen molar-refractivity contribution in [3.63, 3.8) is 0 Å². The number of hydrogen-bond donors (Lipinski definition) is 0. The number of nitrogens with zero attached hydrogens (tertiary/aromatic N) is 1. The molecular formula is C34H23Cl2NO3. The molecule has 40 heavy (non-hydrogen) atoms. The number of ketones is 3. The summed E-state index contributed by atoms with van der Waals surface area (Å²) in [5.74, 6) is -1.64. The molecule has 2 heterocycles. The molecule has 3 aliphatic rings. The summed E-state index contributed by atoms with van der Waals surface area (Å²) in [5.41, 5.74) is 2.93. The average molecular weight is 564 g/mol. The number of carbonyl (C=O) groups excluding carboxylic acids is 3. The molecule has 1 spiro atoms. The molecule has 7 rings (SSSR count). The topological polar surface area (TPSA) is 54.5 Å². The molecule has 196 valence electrons. The summed E-state index contributed by atoms with van der Waals surface area (Å²) in [5, 5.41) is 0.741. The van der Waals surface area contributed by atoms with E-state index in [1.807, 2.05) is 60.4 Å². The van der Waals surface area contributed by atoms with Crippen molar-refractivity contribution in [2.45, 2.75) is 24.9 Å². The Balaban J connectivity index is 1.56. The van der Waals surface area contributed by atoms with Crippen LogP contribution < -0.4 is 4.90 Å². The highest BCUT2D eigenvalue weighted by Gasteiger charge is 2.71. The van der Waals surface area contributed by atoms with Crippen LogP contribution in [0.4, 0.5) is 5.69 Å². The predicted octanol–water partition coefficient (Wildman–Crippen LogP) is 7.62. The molecule has 0 amide bonds. The average Bonchev–Trinajstić information content (AvgIpc) is 3.39. The van der Waals surface area contributed by atoms with Crippen molar-refractivity contribution in [3.05, 3.63) is 140 Å². The molecule has 4 aromatic rings. The Kier molecular flexibility index (Phi) is 5.64. The van der Waals surface area contributed by atoms with E-state index in [2.05, 4.69) is 0 Å². The molecule has 1 aliphatic carbocycles. The number of fused-ring (bicyclic) bond motifs is 5. The van der Waals surface area contributed by atoms with Crippen molar-refractivity contribution in [2.75, 3.05) is 4.90 Å². The van der Waals surface area contributed by atoms with E-state index in [1.54, 1.807) is 54.6 Å². The van der Waals surface area contributed by atoms with Crippen LogP contribution in [-0.2, 0) is 0 Å². The summed E-state index contributed by atoms with van der Waals surface area (Å²) in [4.78, 5) is 45.9. The number of benzene rings is 4. The Morgan fingerprint density at radius 2 is 1.48 bits per heavy atom. The van der Waals surface area contributed by atoms with Crippen LogP contribution in [0.3, 0.4) is 0 Å². The van der Waals surface area contributed by atoms with Gasteiger partial charge in [0.2, 0.25) is 0 Å². The molecule has 6 heteroatoms. The quantitative estimate of drug-likeness (QED) is 0.190. The van der Waals surface area contributed by atoms with E-state index in [-0.39, 0.29) is 17.3 Å². The second-order valence-corrected chi connectivity index (χ2v) is 11.5. The second kappa shape index (κ2) is 9.02. The van der Waals surface area contributed by atoms with Crippen LogP contribution in [0.15, 0.2) is 97.1 Å². The fourth-order valence-corrected chi connectivity index (χ4v) is 7.43.